The minimum Gasteiger partial charge on any atom is -0.427 e. The molecule has 0 unspecified atom stereocenters. The van der Waals surface area contributed by atoms with E-state index in [0.717, 1.165) is 0 Å². The topological polar surface area (TPSA) is 84.5 Å². The summed E-state index contributed by atoms with van der Waals surface area (Å²) in [4.78, 5) is 34.7. The van der Waals surface area contributed by atoms with Crippen LogP contribution in [0.5, 0.6) is 5.75 Å². The number of halogens is 1. The average molecular weight is 341 g/mol. The van der Waals surface area contributed by atoms with E-state index in [4.69, 9.17) is 16.3 Å². The SMILES string of the molecule is CC(=O)Oc1cccc(C(=O)NCCNC(=O)C(C)(C)CCl)c1. The number of hydrogen-bond acceptors (Lipinski definition) is 4. The van der Waals surface area contributed by atoms with Crippen LogP contribution < -0.4 is 15.4 Å². The van der Waals surface area contributed by atoms with Crippen LogP contribution in [0, 0.1) is 5.41 Å². The fourth-order valence-corrected chi connectivity index (χ4v) is 1.74. The summed E-state index contributed by atoms with van der Waals surface area (Å²) in [6.45, 7) is 5.36. The zero-order chi connectivity index (χ0) is 17.5. The number of nitrogens with one attached hydrogen (secondary N) is 2. The maximum Gasteiger partial charge on any atom is 0.308 e. The van der Waals surface area contributed by atoms with Gasteiger partial charge in [-0.15, -0.1) is 11.6 Å². The van der Waals surface area contributed by atoms with Gasteiger partial charge >= 0.3 is 5.97 Å². The molecule has 0 fully saturated rings. The van der Waals surface area contributed by atoms with Crippen LogP contribution in [0.25, 0.3) is 0 Å². The molecule has 23 heavy (non-hydrogen) atoms. The van der Waals surface area contributed by atoms with Crippen LogP contribution in [0.2, 0.25) is 0 Å². The molecule has 1 rings (SSSR count). The molecule has 0 aliphatic heterocycles. The van der Waals surface area contributed by atoms with Crippen molar-refractivity contribution in [3.05, 3.63) is 29.8 Å². The largest absolute Gasteiger partial charge is 0.427 e. The predicted molar refractivity (Wildman–Crippen MR) is 87.6 cm³/mol. The van der Waals surface area contributed by atoms with Gasteiger partial charge in [-0.05, 0) is 32.0 Å². The number of carbonyl (C=O) groups is 3. The number of hydrogen-bond donors (Lipinski definition) is 2. The summed E-state index contributed by atoms with van der Waals surface area (Å²) in [7, 11) is 0. The van der Waals surface area contributed by atoms with E-state index in [-0.39, 0.29) is 24.2 Å². The molecule has 7 heteroatoms. The molecule has 6 nitrogen and oxygen atoms in total. The second kappa shape index (κ2) is 8.53. The Kier molecular flexibility index (Phi) is 7.03. The quantitative estimate of drug-likeness (QED) is 0.342. The first-order chi connectivity index (χ1) is 10.8. The van der Waals surface area contributed by atoms with Gasteiger partial charge in [-0.3, -0.25) is 14.4 Å². The monoisotopic (exact) mass is 340 g/mol. The van der Waals surface area contributed by atoms with Gasteiger partial charge in [-0.2, -0.15) is 0 Å². The Bertz CT molecular complexity index is 587. The summed E-state index contributed by atoms with van der Waals surface area (Å²) in [5.41, 5.74) is -0.277. The van der Waals surface area contributed by atoms with E-state index in [0.29, 0.717) is 17.9 Å². The third-order valence-electron chi connectivity index (χ3n) is 3.00. The highest BCUT2D eigenvalue weighted by Crippen LogP contribution is 2.16. The van der Waals surface area contributed by atoms with Crippen molar-refractivity contribution in [3.8, 4) is 5.75 Å². The second-order valence-corrected chi connectivity index (χ2v) is 5.92. The zero-order valence-corrected chi connectivity index (χ0v) is 14.2. The molecule has 0 saturated carbocycles. The third-order valence-corrected chi connectivity index (χ3v) is 3.67. The van der Waals surface area contributed by atoms with E-state index >= 15 is 0 Å². The third kappa shape index (κ3) is 6.28. The maximum absolute atomic E-state index is 12.0. The average Bonchev–Trinajstić information content (AvgIpc) is 2.50. The van der Waals surface area contributed by atoms with Crippen molar-refractivity contribution in [2.75, 3.05) is 19.0 Å². The van der Waals surface area contributed by atoms with E-state index in [1.54, 1.807) is 32.0 Å². The highest BCUT2D eigenvalue weighted by atomic mass is 35.5. The Labute approximate surface area is 140 Å². The van der Waals surface area contributed by atoms with Gasteiger partial charge in [0.1, 0.15) is 5.75 Å². The van der Waals surface area contributed by atoms with Gasteiger partial charge in [-0.1, -0.05) is 6.07 Å². The van der Waals surface area contributed by atoms with Crippen LogP contribution in [0.4, 0.5) is 0 Å². The summed E-state index contributed by atoms with van der Waals surface area (Å²) in [6, 6.07) is 6.30. The fraction of sp³-hybridized carbons (Fsp3) is 0.438. The van der Waals surface area contributed by atoms with Crippen molar-refractivity contribution in [2.45, 2.75) is 20.8 Å². The Morgan fingerprint density at radius 2 is 1.83 bits per heavy atom. The molecular formula is C16H21ClN2O4. The Morgan fingerprint density at radius 3 is 2.43 bits per heavy atom. The zero-order valence-electron chi connectivity index (χ0n) is 13.4. The molecule has 0 aliphatic rings. The number of benzene rings is 1. The van der Waals surface area contributed by atoms with Gasteiger partial charge in [0.25, 0.3) is 5.91 Å². The lowest BCUT2D eigenvalue weighted by molar-refractivity contribution is -0.132. The van der Waals surface area contributed by atoms with E-state index in [1.807, 2.05) is 0 Å². The van der Waals surface area contributed by atoms with Gasteiger partial charge in [0.05, 0.1) is 5.41 Å². The molecule has 0 saturated heterocycles. The summed E-state index contributed by atoms with van der Waals surface area (Å²) in [5.74, 6) is -0.410. The van der Waals surface area contributed by atoms with Crippen LogP contribution in [-0.4, -0.2) is 36.8 Å². The molecule has 0 heterocycles. The van der Waals surface area contributed by atoms with Crippen molar-refractivity contribution < 1.29 is 19.1 Å². The standard InChI is InChI=1S/C16H21ClN2O4/c1-11(20)23-13-6-4-5-12(9-13)14(21)18-7-8-19-15(22)16(2,3)10-17/h4-6,9H,7-8,10H2,1-3H3,(H,18,21)(H,19,22). The molecule has 0 aromatic heterocycles. The minimum absolute atomic E-state index is 0.168. The number of carbonyl (C=O) groups excluding carboxylic acids is 3. The lowest BCUT2D eigenvalue weighted by Gasteiger charge is -2.20. The summed E-state index contributed by atoms with van der Waals surface area (Å²) in [6.07, 6.45) is 0. The van der Waals surface area contributed by atoms with E-state index in [1.165, 1.54) is 13.0 Å². The van der Waals surface area contributed by atoms with Crippen molar-refractivity contribution in [2.24, 2.45) is 5.41 Å². The Morgan fingerprint density at radius 1 is 1.17 bits per heavy atom. The molecule has 126 valence electrons. The molecule has 0 spiro atoms. The van der Waals surface area contributed by atoms with Crippen LogP contribution in [0.3, 0.4) is 0 Å². The second-order valence-electron chi connectivity index (χ2n) is 5.65. The van der Waals surface area contributed by atoms with Gasteiger partial charge < -0.3 is 15.4 Å². The number of rotatable bonds is 7. The van der Waals surface area contributed by atoms with Gasteiger partial charge in [0, 0.05) is 31.5 Å². The van der Waals surface area contributed by atoms with E-state index < -0.39 is 11.4 Å². The van der Waals surface area contributed by atoms with Crippen molar-refractivity contribution in [1.29, 1.82) is 0 Å². The normalized spacial score (nSPS) is 10.8. The number of alkyl halides is 1. The van der Waals surface area contributed by atoms with Crippen LogP contribution in [0.15, 0.2) is 24.3 Å². The van der Waals surface area contributed by atoms with E-state index in [2.05, 4.69) is 10.6 Å². The van der Waals surface area contributed by atoms with E-state index in [9.17, 15) is 14.4 Å². The van der Waals surface area contributed by atoms with Gasteiger partial charge in [0.2, 0.25) is 5.91 Å². The first-order valence-corrected chi connectivity index (χ1v) is 7.70. The molecule has 0 atom stereocenters. The molecular weight excluding hydrogens is 320 g/mol. The Balaban J connectivity index is 2.45. The highest BCUT2D eigenvalue weighted by molar-refractivity contribution is 6.19. The molecule has 2 N–H and O–H groups in total. The smallest absolute Gasteiger partial charge is 0.308 e. The molecule has 0 aliphatic carbocycles. The summed E-state index contributed by atoms with van der Waals surface area (Å²) in [5, 5.41) is 5.39. The van der Waals surface area contributed by atoms with Gasteiger partial charge in [0.15, 0.2) is 0 Å². The minimum atomic E-state index is -0.649. The molecule has 0 radical (unpaired) electrons. The van der Waals surface area contributed by atoms with Crippen LogP contribution in [-0.2, 0) is 9.59 Å². The highest BCUT2D eigenvalue weighted by Gasteiger charge is 2.25. The first kappa shape index (κ1) is 19.0. The van der Waals surface area contributed by atoms with Gasteiger partial charge in [-0.25, -0.2) is 0 Å². The molecule has 0 bridgehead atoms. The van der Waals surface area contributed by atoms with Crippen molar-refractivity contribution >= 4 is 29.4 Å². The number of ether oxygens (including phenoxy) is 1. The van der Waals surface area contributed by atoms with Crippen molar-refractivity contribution in [3.63, 3.8) is 0 Å². The fourth-order valence-electron chi connectivity index (χ4n) is 1.62. The molecule has 1 aromatic rings. The number of esters is 1. The maximum atomic E-state index is 12.0. The molecule has 2 amide bonds. The number of amides is 2. The lowest BCUT2D eigenvalue weighted by atomic mass is 9.95. The van der Waals surface area contributed by atoms with Crippen LogP contribution >= 0.6 is 11.6 Å². The summed E-state index contributed by atoms with van der Waals surface area (Å²) >= 11 is 5.72. The van der Waals surface area contributed by atoms with Crippen LogP contribution in [0.1, 0.15) is 31.1 Å². The molecule has 1 aromatic carbocycles. The van der Waals surface area contributed by atoms with Crippen molar-refractivity contribution in [1.82, 2.24) is 10.6 Å². The first-order valence-electron chi connectivity index (χ1n) is 7.17. The lowest BCUT2D eigenvalue weighted by Crippen LogP contribution is -2.41. The Hall–Kier alpha value is -2.08. The predicted octanol–water partition coefficient (Wildman–Crippen LogP) is 1.72. The summed E-state index contributed by atoms with van der Waals surface area (Å²) < 4.78 is 4.92.